The highest BCUT2D eigenvalue weighted by Crippen LogP contribution is 2.31. The normalized spacial score (nSPS) is 10.9. The van der Waals surface area contributed by atoms with E-state index in [4.69, 9.17) is 33.4 Å². The van der Waals surface area contributed by atoms with Gasteiger partial charge in [0.2, 0.25) is 0 Å². The van der Waals surface area contributed by atoms with Crippen molar-refractivity contribution in [2.45, 2.75) is 13.2 Å². The molecule has 0 saturated carbocycles. The van der Waals surface area contributed by atoms with Gasteiger partial charge in [0.15, 0.2) is 0 Å². The maximum absolute atomic E-state index is 5.80. The predicted octanol–water partition coefficient (Wildman–Crippen LogP) is 4.76. The first-order valence-electron chi connectivity index (χ1n) is 11.1. The van der Waals surface area contributed by atoms with E-state index in [9.17, 15) is 0 Å². The SMILES string of the molecule is COCCOCc1cc(OC)ccc1-c1cccc(-c2ccc(OC)cc2COCCOC)n1. The Hall–Kier alpha value is -2.97. The zero-order chi connectivity index (χ0) is 24.2. The minimum Gasteiger partial charge on any atom is -0.497 e. The second-order valence-electron chi connectivity index (χ2n) is 7.54. The van der Waals surface area contributed by atoms with Crippen molar-refractivity contribution in [3.05, 3.63) is 65.7 Å². The van der Waals surface area contributed by atoms with Gasteiger partial charge in [-0.2, -0.15) is 0 Å². The van der Waals surface area contributed by atoms with Crippen molar-refractivity contribution in [3.8, 4) is 34.0 Å². The van der Waals surface area contributed by atoms with Crippen LogP contribution in [-0.4, -0.2) is 59.9 Å². The van der Waals surface area contributed by atoms with Crippen LogP contribution in [-0.2, 0) is 32.2 Å². The van der Waals surface area contributed by atoms with E-state index in [0.717, 1.165) is 45.1 Å². The van der Waals surface area contributed by atoms with Gasteiger partial charge in [0, 0.05) is 25.3 Å². The predicted molar refractivity (Wildman–Crippen MR) is 131 cm³/mol. The second kappa shape index (κ2) is 13.7. The number of rotatable bonds is 14. The molecule has 0 aliphatic carbocycles. The van der Waals surface area contributed by atoms with E-state index in [2.05, 4.69) is 0 Å². The molecule has 7 nitrogen and oxygen atoms in total. The van der Waals surface area contributed by atoms with Gasteiger partial charge in [-0.05, 0) is 59.7 Å². The number of hydrogen-bond donors (Lipinski definition) is 0. The quantitative estimate of drug-likeness (QED) is 0.317. The molecule has 0 N–H and O–H groups in total. The van der Waals surface area contributed by atoms with Crippen molar-refractivity contribution in [1.82, 2.24) is 4.98 Å². The molecule has 0 radical (unpaired) electrons. The number of benzene rings is 2. The standard InChI is InChI=1S/C27H33NO6/c1-29-12-14-33-18-20-16-22(31-3)8-10-24(20)26-6-5-7-27(28-26)25-11-9-23(32-4)17-21(25)19-34-15-13-30-2/h5-11,16-17H,12-15,18-19H2,1-4H3. The highest BCUT2D eigenvalue weighted by Gasteiger charge is 2.13. The second-order valence-corrected chi connectivity index (χ2v) is 7.54. The molecule has 0 amide bonds. The Bertz CT molecular complexity index is 961. The third-order valence-corrected chi connectivity index (χ3v) is 5.30. The Kier molecular flexibility index (Phi) is 10.3. The summed E-state index contributed by atoms with van der Waals surface area (Å²) in [5, 5.41) is 0. The molecule has 3 rings (SSSR count). The van der Waals surface area contributed by atoms with E-state index in [1.165, 1.54) is 0 Å². The molecule has 0 saturated heterocycles. The maximum atomic E-state index is 5.80. The van der Waals surface area contributed by atoms with E-state index in [1.807, 2.05) is 54.6 Å². The monoisotopic (exact) mass is 467 g/mol. The van der Waals surface area contributed by atoms with Crippen LogP contribution in [0, 0.1) is 0 Å². The Balaban J connectivity index is 1.93. The van der Waals surface area contributed by atoms with E-state index >= 15 is 0 Å². The molecule has 0 atom stereocenters. The van der Waals surface area contributed by atoms with Gasteiger partial charge in [-0.1, -0.05) is 6.07 Å². The van der Waals surface area contributed by atoms with Crippen molar-refractivity contribution in [3.63, 3.8) is 0 Å². The molecule has 34 heavy (non-hydrogen) atoms. The van der Waals surface area contributed by atoms with Crippen molar-refractivity contribution >= 4 is 0 Å². The minimum atomic E-state index is 0.433. The average molecular weight is 468 g/mol. The van der Waals surface area contributed by atoms with E-state index in [0.29, 0.717) is 39.6 Å². The first-order valence-corrected chi connectivity index (χ1v) is 11.1. The van der Waals surface area contributed by atoms with Crippen LogP contribution < -0.4 is 9.47 Å². The fraction of sp³-hybridized carbons (Fsp3) is 0.370. The van der Waals surface area contributed by atoms with Gasteiger partial charge in [-0.25, -0.2) is 4.98 Å². The summed E-state index contributed by atoms with van der Waals surface area (Å²) in [5.74, 6) is 1.55. The fourth-order valence-corrected chi connectivity index (χ4v) is 3.52. The summed E-state index contributed by atoms with van der Waals surface area (Å²) < 4.78 is 32.6. The summed E-state index contributed by atoms with van der Waals surface area (Å²) in [5.41, 5.74) is 5.69. The molecule has 0 aliphatic rings. The molecule has 1 heterocycles. The molecule has 0 bridgehead atoms. The van der Waals surface area contributed by atoms with Crippen LogP contribution in [0.2, 0.25) is 0 Å². The molecular formula is C27H33NO6. The van der Waals surface area contributed by atoms with Gasteiger partial charge >= 0.3 is 0 Å². The number of ether oxygens (including phenoxy) is 6. The van der Waals surface area contributed by atoms with Gasteiger partial charge in [0.05, 0.1) is 65.2 Å². The smallest absolute Gasteiger partial charge is 0.119 e. The fourth-order valence-electron chi connectivity index (χ4n) is 3.52. The molecule has 0 spiro atoms. The van der Waals surface area contributed by atoms with E-state index in [1.54, 1.807) is 28.4 Å². The summed E-state index contributed by atoms with van der Waals surface area (Å²) in [4.78, 5) is 4.99. The Morgan fingerprint density at radius 3 is 1.47 bits per heavy atom. The van der Waals surface area contributed by atoms with E-state index in [-0.39, 0.29) is 0 Å². The van der Waals surface area contributed by atoms with Crippen LogP contribution in [0.4, 0.5) is 0 Å². The molecule has 182 valence electrons. The van der Waals surface area contributed by atoms with Gasteiger partial charge in [0.25, 0.3) is 0 Å². The highest BCUT2D eigenvalue weighted by atomic mass is 16.5. The third kappa shape index (κ3) is 7.01. The lowest BCUT2D eigenvalue weighted by Crippen LogP contribution is -2.04. The molecule has 0 aliphatic heterocycles. The van der Waals surface area contributed by atoms with Crippen LogP contribution in [0.5, 0.6) is 11.5 Å². The van der Waals surface area contributed by atoms with E-state index < -0.39 is 0 Å². The van der Waals surface area contributed by atoms with Crippen LogP contribution >= 0.6 is 0 Å². The summed E-state index contributed by atoms with van der Waals surface area (Å²) in [6.07, 6.45) is 0. The number of methoxy groups -OCH3 is 4. The van der Waals surface area contributed by atoms with Crippen molar-refractivity contribution in [1.29, 1.82) is 0 Å². The van der Waals surface area contributed by atoms with Crippen LogP contribution in [0.3, 0.4) is 0 Å². The van der Waals surface area contributed by atoms with Crippen LogP contribution in [0.1, 0.15) is 11.1 Å². The Morgan fingerprint density at radius 2 is 1.06 bits per heavy atom. The Morgan fingerprint density at radius 1 is 0.588 bits per heavy atom. The first kappa shape index (κ1) is 25.6. The lowest BCUT2D eigenvalue weighted by atomic mass is 10.0. The summed E-state index contributed by atoms with van der Waals surface area (Å²) >= 11 is 0. The maximum Gasteiger partial charge on any atom is 0.119 e. The Labute approximate surface area is 201 Å². The number of hydrogen-bond acceptors (Lipinski definition) is 7. The molecule has 0 unspecified atom stereocenters. The van der Waals surface area contributed by atoms with Crippen molar-refractivity contribution in [2.24, 2.45) is 0 Å². The lowest BCUT2D eigenvalue weighted by molar-refractivity contribution is 0.0617. The number of pyridine rings is 1. The largest absolute Gasteiger partial charge is 0.497 e. The molecular weight excluding hydrogens is 434 g/mol. The lowest BCUT2D eigenvalue weighted by Gasteiger charge is -2.15. The summed E-state index contributed by atoms with van der Waals surface area (Å²) in [6.45, 7) is 2.98. The van der Waals surface area contributed by atoms with Gasteiger partial charge in [-0.3, -0.25) is 0 Å². The highest BCUT2D eigenvalue weighted by molar-refractivity contribution is 5.71. The third-order valence-electron chi connectivity index (χ3n) is 5.30. The molecule has 2 aromatic carbocycles. The average Bonchev–Trinajstić information content (AvgIpc) is 2.89. The van der Waals surface area contributed by atoms with Crippen molar-refractivity contribution in [2.75, 3.05) is 54.9 Å². The molecule has 0 fully saturated rings. The van der Waals surface area contributed by atoms with Crippen molar-refractivity contribution < 1.29 is 28.4 Å². The topological polar surface area (TPSA) is 68.3 Å². The number of nitrogens with zero attached hydrogens (tertiary/aromatic N) is 1. The molecule has 3 aromatic rings. The van der Waals surface area contributed by atoms with Crippen LogP contribution in [0.25, 0.3) is 22.5 Å². The van der Waals surface area contributed by atoms with Crippen LogP contribution in [0.15, 0.2) is 54.6 Å². The zero-order valence-corrected chi connectivity index (χ0v) is 20.3. The molecule has 7 heteroatoms. The van der Waals surface area contributed by atoms with Gasteiger partial charge in [0.1, 0.15) is 11.5 Å². The van der Waals surface area contributed by atoms with Gasteiger partial charge < -0.3 is 28.4 Å². The summed E-state index contributed by atoms with van der Waals surface area (Å²) in [7, 11) is 6.63. The minimum absolute atomic E-state index is 0.433. The number of aromatic nitrogens is 1. The summed E-state index contributed by atoms with van der Waals surface area (Å²) in [6, 6.07) is 17.9. The first-order chi connectivity index (χ1) is 16.7. The zero-order valence-electron chi connectivity index (χ0n) is 20.3. The van der Waals surface area contributed by atoms with Gasteiger partial charge in [-0.15, -0.1) is 0 Å². The molecule has 1 aromatic heterocycles.